The topological polar surface area (TPSA) is 61.4 Å². The molecule has 1 saturated carbocycles. The first-order valence-electron chi connectivity index (χ1n) is 8.54. The normalized spacial score (nSPS) is 22.4. The Morgan fingerprint density at radius 2 is 2.09 bits per heavy atom. The third-order valence-corrected chi connectivity index (χ3v) is 5.94. The molecule has 23 heavy (non-hydrogen) atoms. The lowest BCUT2D eigenvalue weighted by Gasteiger charge is -2.32. The predicted molar refractivity (Wildman–Crippen MR) is 91.6 cm³/mol. The molecule has 0 bridgehead atoms. The second-order valence-electron chi connectivity index (χ2n) is 6.55. The quantitative estimate of drug-likeness (QED) is 0.893. The zero-order valence-electron chi connectivity index (χ0n) is 13.6. The summed E-state index contributed by atoms with van der Waals surface area (Å²) in [5.41, 5.74) is 1.32. The van der Waals surface area contributed by atoms with Crippen molar-refractivity contribution in [2.45, 2.75) is 57.5 Å². The number of nitrogens with one attached hydrogen (secondary N) is 2. The molecular formula is C17H25N3O2S. The van der Waals surface area contributed by atoms with Crippen molar-refractivity contribution in [3.05, 3.63) is 21.9 Å². The molecule has 1 atom stereocenters. The van der Waals surface area contributed by atoms with E-state index in [1.807, 2.05) is 0 Å². The van der Waals surface area contributed by atoms with Gasteiger partial charge in [-0.1, -0.05) is 19.3 Å². The van der Waals surface area contributed by atoms with Crippen LogP contribution in [0.3, 0.4) is 0 Å². The summed E-state index contributed by atoms with van der Waals surface area (Å²) in [7, 11) is 0. The van der Waals surface area contributed by atoms with E-state index >= 15 is 0 Å². The molecule has 1 aromatic heterocycles. The van der Waals surface area contributed by atoms with Gasteiger partial charge >= 0.3 is 6.03 Å². The summed E-state index contributed by atoms with van der Waals surface area (Å²) in [5, 5.41) is 7.52. The van der Waals surface area contributed by atoms with Gasteiger partial charge in [0.2, 0.25) is 5.91 Å². The molecule has 6 heteroatoms. The molecule has 2 heterocycles. The lowest BCUT2D eigenvalue weighted by atomic mass is 9.96. The Balaban J connectivity index is 1.46. The fraction of sp³-hybridized carbons (Fsp3) is 0.647. The highest BCUT2D eigenvalue weighted by molar-refractivity contribution is 7.10. The van der Waals surface area contributed by atoms with Gasteiger partial charge in [-0.25, -0.2) is 4.79 Å². The van der Waals surface area contributed by atoms with Crippen LogP contribution in [0.1, 0.15) is 55.5 Å². The van der Waals surface area contributed by atoms with E-state index in [4.69, 9.17) is 0 Å². The number of carbonyl (C=O) groups is 2. The molecule has 0 unspecified atom stereocenters. The van der Waals surface area contributed by atoms with Gasteiger partial charge in [0, 0.05) is 23.5 Å². The second kappa shape index (κ2) is 7.45. The number of hydrogen-bond donors (Lipinski definition) is 2. The minimum atomic E-state index is -0.345. The molecule has 0 saturated heterocycles. The second-order valence-corrected chi connectivity index (χ2v) is 7.55. The van der Waals surface area contributed by atoms with E-state index in [0.29, 0.717) is 0 Å². The zero-order valence-corrected chi connectivity index (χ0v) is 14.5. The minimum Gasteiger partial charge on any atom is -0.335 e. The van der Waals surface area contributed by atoms with Gasteiger partial charge in [0.15, 0.2) is 0 Å². The van der Waals surface area contributed by atoms with Crippen molar-refractivity contribution >= 4 is 23.3 Å². The Kier molecular flexibility index (Phi) is 5.33. The Morgan fingerprint density at radius 3 is 2.87 bits per heavy atom. The molecular weight excluding hydrogens is 310 g/mol. The summed E-state index contributed by atoms with van der Waals surface area (Å²) in [6, 6.07) is 2.25. The van der Waals surface area contributed by atoms with E-state index in [9.17, 15) is 9.59 Å². The fourth-order valence-corrected chi connectivity index (χ4v) is 4.56. The van der Waals surface area contributed by atoms with Crippen molar-refractivity contribution < 1.29 is 9.59 Å². The van der Waals surface area contributed by atoms with Crippen molar-refractivity contribution in [2.24, 2.45) is 0 Å². The number of fused-ring (bicyclic) bond motifs is 1. The van der Waals surface area contributed by atoms with Gasteiger partial charge in [0.1, 0.15) is 0 Å². The predicted octanol–water partition coefficient (Wildman–Crippen LogP) is 2.83. The third-order valence-electron chi connectivity index (χ3n) is 4.94. The Hall–Kier alpha value is -1.40. The highest BCUT2D eigenvalue weighted by Crippen LogP contribution is 2.32. The van der Waals surface area contributed by atoms with Crippen LogP contribution in [0.25, 0.3) is 0 Å². The summed E-state index contributed by atoms with van der Waals surface area (Å²) >= 11 is 1.79. The van der Waals surface area contributed by atoms with Gasteiger partial charge in [0.05, 0.1) is 6.54 Å². The van der Waals surface area contributed by atoms with Crippen LogP contribution >= 0.6 is 11.3 Å². The first-order chi connectivity index (χ1) is 11.1. The summed E-state index contributed by atoms with van der Waals surface area (Å²) in [4.78, 5) is 27.6. The molecule has 1 aliphatic heterocycles. The van der Waals surface area contributed by atoms with Gasteiger partial charge in [-0.3, -0.25) is 15.0 Å². The van der Waals surface area contributed by atoms with E-state index in [1.165, 1.54) is 16.9 Å². The summed E-state index contributed by atoms with van der Waals surface area (Å²) < 4.78 is 0. The molecule has 2 N–H and O–H groups in total. The largest absolute Gasteiger partial charge is 0.335 e. The molecule has 1 aromatic rings. The smallest absolute Gasteiger partial charge is 0.321 e. The Labute approximate surface area is 141 Å². The number of thiophene rings is 1. The third kappa shape index (κ3) is 4.12. The van der Waals surface area contributed by atoms with Crippen molar-refractivity contribution in [1.29, 1.82) is 0 Å². The lowest BCUT2D eigenvalue weighted by molar-refractivity contribution is -0.121. The van der Waals surface area contributed by atoms with Gasteiger partial charge in [-0.05, 0) is 43.2 Å². The van der Waals surface area contributed by atoms with E-state index in [0.717, 1.165) is 38.6 Å². The molecule has 3 amide bonds. The number of imide groups is 1. The number of carbonyl (C=O) groups excluding carboxylic acids is 2. The molecule has 3 rings (SSSR count). The first kappa shape index (κ1) is 16.5. The molecule has 5 nitrogen and oxygen atoms in total. The standard InChI is InChI=1S/C17H25N3O2S/c1-12-14-8-10-23-15(14)7-9-20(12)11-16(21)19-17(22)18-13-5-3-2-4-6-13/h8,10,12-13H,2-7,9,11H2,1H3,(H2,18,19,21,22)/t12-/m1/s1. The number of nitrogens with zero attached hydrogens (tertiary/aromatic N) is 1. The van der Waals surface area contributed by atoms with Gasteiger partial charge < -0.3 is 5.32 Å². The number of urea groups is 1. The maximum atomic E-state index is 12.1. The molecule has 126 valence electrons. The lowest BCUT2D eigenvalue weighted by Crippen LogP contribution is -2.49. The summed E-state index contributed by atoms with van der Waals surface area (Å²) in [6.45, 7) is 3.26. The van der Waals surface area contributed by atoms with Crippen LogP contribution in [0.15, 0.2) is 11.4 Å². The highest BCUT2D eigenvalue weighted by atomic mass is 32.1. The maximum absolute atomic E-state index is 12.1. The fourth-order valence-electron chi connectivity index (χ4n) is 3.60. The SMILES string of the molecule is C[C@@H]1c2ccsc2CCN1CC(=O)NC(=O)NC1CCCCC1. The van der Waals surface area contributed by atoms with E-state index in [2.05, 4.69) is 33.9 Å². The Bertz CT molecular complexity index is 566. The van der Waals surface area contributed by atoms with Gasteiger partial charge in [-0.15, -0.1) is 11.3 Å². The summed E-state index contributed by atoms with van der Waals surface area (Å²) in [5.74, 6) is -0.219. The zero-order chi connectivity index (χ0) is 16.2. The van der Waals surface area contributed by atoms with E-state index in [1.54, 1.807) is 11.3 Å². The highest BCUT2D eigenvalue weighted by Gasteiger charge is 2.26. The molecule has 1 aliphatic carbocycles. The van der Waals surface area contributed by atoms with Crippen LogP contribution in [-0.2, 0) is 11.2 Å². The van der Waals surface area contributed by atoms with Crippen molar-refractivity contribution in [3.8, 4) is 0 Å². The molecule has 1 fully saturated rings. The molecule has 0 aromatic carbocycles. The van der Waals surface area contributed by atoms with Crippen LogP contribution < -0.4 is 10.6 Å². The van der Waals surface area contributed by atoms with Crippen LogP contribution in [0.5, 0.6) is 0 Å². The van der Waals surface area contributed by atoms with Crippen LogP contribution in [-0.4, -0.2) is 36.0 Å². The monoisotopic (exact) mass is 335 g/mol. The van der Waals surface area contributed by atoms with E-state index < -0.39 is 0 Å². The average Bonchev–Trinajstić information content (AvgIpc) is 3.00. The molecule has 0 radical (unpaired) electrons. The minimum absolute atomic E-state index is 0.219. The van der Waals surface area contributed by atoms with Crippen molar-refractivity contribution in [1.82, 2.24) is 15.5 Å². The molecule has 2 aliphatic rings. The number of amides is 3. The summed E-state index contributed by atoms with van der Waals surface area (Å²) in [6.07, 6.45) is 6.59. The van der Waals surface area contributed by atoms with E-state index in [-0.39, 0.29) is 30.6 Å². The van der Waals surface area contributed by atoms with Gasteiger partial charge in [0.25, 0.3) is 0 Å². The van der Waals surface area contributed by atoms with Crippen LogP contribution in [0.2, 0.25) is 0 Å². The Morgan fingerprint density at radius 1 is 1.30 bits per heavy atom. The first-order valence-corrected chi connectivity index (χ1v) is 9.42. The van der Waals surface area contributed by atoms with Crippen molar-refractivity contribution in [3.63, 3.8) is 0 Å². The maximum Gasteiger partial charge on any atom is 0.321 e. The van der Waals surface area contributed by atoms with Gasteiger partial charge in [-0.2, -0.15) is 0 Å². The van der Waals surface area contributed by atoms with Crippen molar-refractivity contribution in [2.75, 3.05) is 13.1 Å². The number of hydrogen-bond acceptors (Lipinski definition) is 4. The molecule has 0 spiro atoms. The van der Waals surface area contributed by atoms with Crippen LogP contribution in [0.4, 0.5) is 4.79 Å². The van der Waals surface area contributed by atoms with Crippen LogP contribution in [0, 0.1) is 0 Å². The average molecular weight is 335 g/mol. The number of rotatable bonds is 3.